The van der Waals surface area contributed by atoms with Gasteiger partial charge in [0.2, 0.25) is 0 Å². The minimum absolute atomic E-state index is 0.162. The molecule has 2 heteroatoms. The molecule has 1 aliphatic heterocycles. The number of nitrogens with zero attached hydrogens (tertiary/aromatic N) is 2. The number of likely N-dealkylation sites (tertiary alicyclic amines) is 1. The van der Waals surface area contributed by atoms with Crippen LogP contribution in [0.15, 0.2) is 18.3 Å². The monoisotopic (exact) mass is 406 g/mol. The normalized spacial score (nSPS) is 15.2. The second-order valence-corrected chi connectivity index (χ2v) is 9.59. The molecule has 0 atom stereocenters. The van der Waals surface area contributed by atoms with Crippen molar-refractivity contribution in [2.75, 3.05) is 13.1 Å². The molecule has 0 unspecified atom stereocenters. The number of piperidine rings is 1. The molecular formula is C27H54N2. The molecule has 172 valence electrons. The fourth-order valence-electron chi connectivity index (χ4n) is 3.29. The Bertz CT molecular complexity index is 456. The Labute approximate surface area is 184 Å². The first-order chi connectivity index (χ1) is 13.5. The first-order valence-electron chi connectivity index (χ1n) is 12.2. The van der Waals surface area contributed by atoms with Crippen LogP contribution in [0.2, 0.25) is 0 Å². The molecule has 0 amide bonds. The number of hydrogen-bond acceptors (Lipinski definition) is 2. The Morgan fingerprint density at radius 1 is 0.862 bits per heavy atom. The number of hydrogen-bond donors (Lipinski definition) is 0. The van der Waals surface area contributed by atoms with Crippen LogP contribution >= 0.6 is 0 Å². The summed E-state index contributed by atoms with van der Waals surface area (Å²) in [5.41, 5.74) is 2.64. The zero-order chi connectivity index (χ0) is 23.2. The lowest BCUT2D eigenvalue weighted by molar-refractivity contribution is 0.129. The van der Waals surface area contributed by atoms with E-state index in [2.05, 4.69) is 84.3 Å². The van der Waals surface area contributed by atoms with E-state index in [0.29, 0.717) is 5.92 Å². The highest BCUT2D eigenvalue weighted by atomic mass is 15.1. The zero-order valence-electron chi connectivity index (χ0n) is 22.3. The van der Waals surface area contributed by atoms with Gasteiger partial charge in [-0.2, -0.15) is 0 Å². The molecule has 1 aromatic rings. The molecule has 0 N–H and O–H groups in total. The average Bonchev–Trinajstić information content (AvgIpc) is 2.71. The van der Waals surface area contributed by atoms with Crippen LogP contribution in [0.5, 0.6) is 0 Å². The highest BCUT2D eigenvalue weighted by molar-refractivity contribution is 5.20. The van der Waals surface area contributed by atoms with Crippen LogP contribution in [-0.2, 0) is 5.41 Å². The van der Waals surface area contributed by atoms with Crippen LogP contribution in [0, 0.1) is 11.8 Å². The molecule has 0 radical (unpaired) electrons. The summed E-state index contributed by atoms with van der Waals surface area (Å²) in [5, 5.41) is 0. The van der Waals surface area contributed by atoms with Crippen molar-refractivity contribution in [3.8, 4) is 0 Å². The first-order valence-corrected chi connectivity index (χ1v) is 12.2. The summed E-state index contributed by atoms with van der Waals surface area (Å²) < 4.78 is 0. The summed E-state index contributed by atoms with van der Waals surface area (Å²) >= 11 is 0. The largest absolute Gasteiger partial charge is 0.301 e. The maximum Gasteiger partial charge on any atom is 0.0457 e. The molecule has 2 nitrogen and oxygen atoms in total. The fourth-order valence-corrected chi connectivity index (χ4v) is 3.29. The maximum absolute atomic E-state index is 4.47. The molecule has 2 heterocycles. The molecule has 1 aliphatic rings. The van der Waals surface area contributed by atoms with Gasteiger partial charge in [-0.1, -0.05) is 82.2 Å². The van der Waals surface area contributed by atoms with E-state index in [-0.39, 0.29) is 5.41 Å². The van der Waals surface area contributed by atoms with Crippen LogP contribution in [0.4, 0.5) is 0 Å². The van der Waals surface area contributed by atoms with Gasteiger partial charge in [-0.3, -0.25) is 4.98 Å². The van der Waals surface area contributed by atoms with Crippen molar-refractivity contribution in [3.63, 3.8) is 0 Å². The third kappa shape index (κ3) is 12.4. The zero-order valence-corrected chi connectivity index (χ0v) is 22.3. The highest BCUT2D eigenvalue weighted by Gasteiger charge is 2.22. The van der Waals surface area contributed by atoms with Crippen LogP contribution in [-0.4, -0.2) is 29.0 Å². The van der Waals surface area contributed by atoms with Crippen molar-refractivity contribution in [2.24, 2.45) is 11.8 Å². The van der Waals surface area contributed by atoms with Gasteiger partial charge in [-0.05, 0) is 69.2 Å². The Balaban J connectivity index is 0. The van der Waals surface area contributed by atoms with E-state index in [9.17, 15) is 0 Å². The highest BCUT2D eigenvalue weighted by Crippen LogP contribution is 2.25. The van der Waals surface area contributed by atoms with Gasteiger partial charge in [-0.15, -0.1) is 0 Å². The molecule has 0 saturated carbocycles. The quantitative estimate of drug-likeness (QED) is 0.501. The number of pyridine rings is 1. The number of rotatable bonds is 3. The van der Waals surface area contributed by atoms with Crippen LogP contribution in [0.1, 0.15) is 120 Å². The summed E-state index contributed by atoms with van der Waals surface area (Å²) in [6.45, 7) is 30.9. The topological polar surface area (TPSA) is 16.1 Å². The van der Waals surface area contributed by atoms with Gasteiger partial charge in [0.05, 0.1) is 0 Å². The SMILES string of the molecule is CC.CC.CC(C)C1CCN(C(C)C)CC1.CC(C)c1ccc(C(C)(C)C)nc1. The van der Waals surface area contributed by atoms with E-state index in [4.69, 9.17) is 0 Å². The average molecular weight is 407 g/mol. The van der Waals surface area contributed by atoms with Gasteiger partial charge >= 0.3 is 0 Å². The predicted octanol–water partition coefficient (Wildman–Crippen LogP) is 8.32. The Morgan fingerprint density at radius 2 is 1.34 bits per heavy atom. The van der Waals surface area contributed by atoms with Gasteiger partial charge < -0.3 is 4.90 Å². The van der Waals surface area contributed by atoms with Crippen LogP contribution in [0.3, 0.4) is 0 Å². The Morgan fingerprint density at radius 3 is 1.62 bits per heavy atom. The van der Waals surface area contributed by atoms with Crippen LogP contribution < -0.4 is 0 Å². The lowest BCUT2D eigenvalue weighted by Gasteiger charge is -2.36. The van der Waals surface area contributed by atoms with Crippen molar-refractivity contribution < 1.29 is 0 Å². The standard InChI is InChI=1S/C12H19N.C11H23N.2C2H6/c1-9(2)10-6-7-11(13-8-10)12(3,4)5;1-9(2)11-5-7-12(8-6-11)10(3)4;2*1-2/h6-9H,1-5H3;9-11H,5-8H2,1-4H3;2*1-2H3. The lowest BCUT2D eigenvalue weighted by atomic mass is 9.86. The summed E-state index contributed by atoms with van der Waals surface area (Å²) in [7, 11) is 0. The van der Waals surface area contributed by atoms with Gasteiger partial charge in [0, 0.05) is 23.3 Å². The second kappa shape index (κ2) is 15.9. The van der Waals surface area contributed by atoms with Crippen molar-refractivity contribution in [2.45, 2.75) is 120 Å². The molecule has 2 rings (SSSR count). The molecule has 0 spiro atoms. The van der Waals surface area contributed by atoms with E-state index in [0.717, 1.165) is 23.6 Å². The predicted molar refractivity (Wildman–Crippen MR) is 134 cm³/mol. The maximum atomic E-state index is 4.47. The molecular weight excluding hydrogens is 352 g/mol. The molecule has 1 aromatic heterocycles. The van der Waals surface area contributed by atoms with Crippen molar-refractivity contribution in [3.05, 3.63) is 29.6 Å². The van der Waals surface area contributed by atoms with E-state index >= 15 is 0 Å². The molecule has 29 heavy (non-hydrogen) atoms. The van der Waals surface area contributed by atoms with Gasteiger partial charge in [0.15, 0.2) is 0 Å². The van der Waals surface area contributed by atoms with Crippen molar-refractivity contribution >= 4 is 0 Å². The summed E-state index contributed by atoms with van der Waals surface area (Å²) in [5.74, 6) is 2.45. The first kappa shape index (κ1) is 30.3. The summed E-state index contributed by atoms with van der Waals surface area (Å²) in [6.07, 6.45) is 4.82. The molecule has 0 aromatic carbocycles. The fraction of sp³-hybridized carbons (Fsp3) is 0.815. The molecule has 0 bridgehead atoms. The molecule has 1 saturated heterocycles. The van der Waals surface area contributed by atoms with Crippen LogP contribution in [0.25, 0.3) is 0 Å². The third-order valence-corrected chi connectivity index (χ3v) is 5.47. The van der Waals surface area contributed by atoms with E-state index in [1.807, 2.05) is 33.9 Å². The summed E-state index contributed by atoms with van der Waals surface area (Å²) in [4.78, 5) is 7.07. The third-order valence-electron chi connectivity index (χ3n) is 5.47. The second-order valence-electron chi connectivity index (χ2n) is 9.59. The van der Waals surface area contributed by atoms with E-state index < -0.39 is 0 Å². The van der Waals surface area contributed by atoms with Gasteiger partial charge in [0.1, 0.15) is 0 Å². The Kier molecular flexibility index (Phi) is 16.6. The van der Waals surface area contributed by atoms with Gasteiger partial charge in [0.25, 0.3) is 0 Å². The minimum Gasteiger partial charge on any atom is -0.301 e. The Hall–Kier alpha value is -0.890. The number of aromatic nitrogens is 1. The molecule has 1 fully saturated rings. The van der Waals surface area contributed by atoms with Crippen molar-refractivity contribution in [1.82, 2.24) is 9.88 Å². The van der Waals surface area contributed by atoms with E-state index in [1.165, 1.54) is 31.5 Å². The van der Waals surface area contributed by atoms with Crippen molar-refractivity contribution in [1.29, 1.82) is 0 Å². The van der Waals surface area contributed by atoms with Gasteiger partial charge in [-0.25, -0.2) is 0 Å². The minimum atomic E-state index is 0.162. The lowest BCUT2D eigenvalue weighted by Crippen LogP contribution is -2.39. The van der Waals surface area contributed by atoms with E-state index in [1.54, 1.807) is 0 Å². The molecule has 0 aliphatic carbocycles. The smallest absolute Gasteiger partial charge is 0.0457 e. The summed E-state index contributed by atoms with van der Waals surface area (Å²) in [6, 6.07) is 5.06.